The van der Waals surface area contributed by atoms with Gasteiger partial charge in [0.25, 0.3) is 0 Å². The number of aliphatic carboxylic acids is 1. The minimum Gasteiger partial charge on any atom is -0.480 e. The van der Waals surface area contributed by atoms with Gasteiger partial charge >= 0.3 is 12.1 Å². The lowest BCUT2D eigenvalue weighted by Gasteiger charge is -2.24. The second-order valence-corrected chi connectivity index (χ2v) is 5.36. The molecule has 0 radical (unpaired) electrons. The molecule has 0 aliphatic carbocycles. The van der Waals surface area contributed by atoms with Crippen LogP contribution in [0.3, 0.4) is 0 Å². The summed E-state index contributed by atoms with van der Waals surface area (Å²) in [6.07, 6.45) is 1.52. The summed E-state index contributed by atoms with van der Waals surface area (Å²) in [5, 5.41) is 13.0. The zero-order chi connectivity index (χ0) is 14.3. The smallest absolute Gasteiger partial charge is 0.408 e. The van der Waals surface area contributed by atoms with Crippen LogP contribution in [0.1, 0.15) is 34.1 Å². The molecule has 0 saturated carbocycles. The van der Waals surface area contributed by atoms with E-state index < -0.39 is 23.7 Å². The summed E-state index contributed by atoms with van der Waals surface area (Å²) < 4.78 is 5.03. The Labute approximate surface area is 113 Å². The van der Waals surface area contributed by atoms with Crippen molar-refractivity contribution < 1.29 is 19.4 Å². The van der Waals surface area contributed by atoms with E-state index in [9.17, 15) is 9.59 Å². The van der Waals surface area contributed by atoms with Crippen LogP contribution in [0.4, 0.5) is 4.79 Å². The maximum absolute atomic E-state index is 11.5. The molecular formula is C12H21NO4S. The number of alkyl carbamates (subject to hydrolysis) is 1. The van der Waals surface area contributed by atoms with Crippen molar-refractivity contribution in [3.8, 4) is 0 Å². The topological polar surface area (TPSA) is 75.6 Å². The van der Waals surface area contributed by atoms with Gasteiger partial charge in [-0.25, -0.2) is 9.59 Å². The molecule has 0 bridgehead atoms. The second-order valence-electron chi connectivity index (χ2n) is 5.06. The first-order valence-electron chi connectivity index (χ1n) is 5.69. The van der Waals surface area contributed by atoms with Crippen molar-refractivity contribution in [2.75, 3.05) is 0 Å². The molecule has 0 aromatic carbocycles. The number of carboxylic acids is 1. The van der Waals surface area contributed by atoms with Gasteiger partial charge in [0.05, 0.1) is 0 Å². The van der Waals surface area contributed by atoms with Crippen LogP contribution in [-0.4, -0.2) is 28.8 Å². The lowest BCUT2D eigenvalue weighted by Crippen LogP contribution is -2.46. The van der Waals surface area contributed by atoms with E-state index in [1.54, 1.807) is 39.2 Å². The third kappa shape index (κ3) is 7.21. The molecule has 0 aliphatic heterocycles. The minimum absolute atomic E-state index is 0.251. The van der Waals surface area contributed by atoms with Gasteiger partial charge < -0.3 is 15.2 Å². The number of allylic oxidation sites excluding steroid dienone is 1. The third-order valence-electron chi connectivity index (χ3n) is 2.12. The molecule has 0 spiro atoms. The van der Waals surface area contributed by atoms with Crippen LogP contribution in [0, 0.1) is 5.92 Å². The number of hydrogen-bond acceptors (Lipinski definition) is 4. The predicted molar refractivity (Wildman–Crippen MR) is 72.7 cm³/mol. The molecule has 2 N–H and O–H groups in total. The Bertz CT molecular complexity index is 323. The molecule has 2 atom stereocenters. The Morgan fingerprint density at radius 2 is 2.00 bits per heavy atom. The normalized spacial score (nSPS) is 15.2. The highest BCUT2D eigenvalue weighted by Crippen LogP contribution is 2.12. The number of rotatable bonds is 5. The Morgan fingerprint density at radius 3 is 2.39 bits per heavy atom. The fourth-order valence-corrected chi connectivity index (χ4v) is 1.42. The van der Waals surface area contributed by atoms with Crippen molar-refractivity contribution in [1.29, 1.82) is 0 Å². The molecule has 5 nitrogen and oxygen atoms in total. The van der Waals surface area contributed by atoms with Crippen LogP contribution < -0.4 is 5.32 Å². The van der Waals surface area contributed by atoms with E-state index >= 15 is 0 Å². The highest BCUT2D eigenvalue weighted by Gasteiger charge is 2.27. The molecule has 0 aromatic heterocycles. The van der Waals surface area contributed by atoms with Gasteiger partial charge in [0.2, 0.25) is 0 Å². The van der Waals surface area contributed by atoms with Crippen LogP contribution in [-0.2, 0) is 9.53 Å². The summed E-state index contributed by atoms with van der Waals surface area (Å²) >= 11 is 3.90. The van der Waals surface area contributed by atoms with Crippen LogP contribution >= 0.6 is 12.6 Å². The highest BCUT2D eigenvalue weighted by molar-refractivity contribution is 7.83. The number of amides is 1. The fraction of sp³-hybridized carbons (Fsp3) is 0.667. The van der Waals surface area contributed by atoms with E-state index in [1.165, 1.54) is 0 Å². The SMILES string of the molecule is C[C@@H](CC=CS)[C@H](NC(=O)OC(C)(C)C)C(=O)O. The average molecular weight is 275 g/mol. The molecule has 1 amide bonds. The third-order valence-corrected chi connectivity index (χ3v) is 2.33. The maximum Gasteiger partial charge on any atom is 0.408 e. The number of hydrogen-bond donors (Lipinski definition) is 3. The number of nitrogens with one attached hydrogen (secondary N) is 1. The van der Waals surface area contributed by atoms with E-state index in [1.807, 2.05) is 0 Å². The maximum atomic E-state index is 11.5. The molecule has 0 fully saturated rings. The molecule has 0 heterocycles. The Balaban J connectivity index is 4.54. The van der Waals surface area contributed by atoms with E-state index in [0.29, 0.717) is 6.42 Å². The van der Waals surface area contributed by atoms with Crippen LogP contribution in [0.5, 0.6) is 0 Å². The van der Waals surface area contributed by atoms with Crippen LogP contribution in [0.15, 0.2) is 11.5 Å². The van der Waals surface area contributed by atoms with Crippen molar-refractivity contribution >= 4 is 24.7 Å². The van der Waals surface area contributed by atoms with Crippen LogP contribution in [0.25, 0.3) is 0 Å². The van der Waals surface area contributed by atoms with Gasteiger partial charge in [0.15, 0.2) is 0 Å². The summed E-state index contributed by atoms with van der Waals surface area (Å²) in [7, 11) is 0. The zero-order valence-corrected chi connectivity index (χ0v) is 12.0. The molecule has 0 aromatic rings. The minimum atomic E-state index is -1.08. The van der Waals surface area contributed by atoms with Crippen molar-refractivity contribution in [3.05, 3.63) is 11.5 Å². The molecule has 0 aliphatic rings. The van der Waals surface area contributed by atoms with Gasteiger partial charge in [-0.2, -0.15) is 12.6 Å². The van der Waals surface area contributed by atoms with Gasteiger partial charge in [-0.3, -0.25) is 0 Å². The Hall–Kier alpha value is -1.17. The lowest BCUT2D eigenvalue weighted by atomic mass is 9.98. The summed E-state index contributed by atoms with van der Waals surface area (Å²) in [5.41, 5.74) is -0.651. The fourth-order valence-electron chi connectivity index (χ4n) is 1.29. The van der Waals surface area contributed by atoms with Crippen molar-refractivity contribution in [1.82, 2.24) is 5.32 Å². The number of thiol groups is 1. The number of ether oxygens (including phenoxy) is 1. The summed E-state index contributed by atoms with van der Waals surface area (Å²) in [5.74, 6) is -1.33. The molecule has 0 rings (SSSR count). The summed E-state index contributed by atoms with van der Waals surface area (Å²) in [4.78, 5) is 22.6. The quantitative estimate of drug-likeness (QED) is 0.674. The van der Waals surface area contributed by atoms with Crippen LogP contribution in [0.2, 0.25) is 0 Å². The first-order chi connectivity index (χ1) is 8.17. The molecule has 0 saturated heterocycles. The van der Waals surface area contributed by atoms with E-state index in [2.05, 4.69) is 17.9 Å². The van der Waals surface area contributed by atoms with Gasteiger partial charge in [0, 0.05) is 0 Å². The second kappa shape index (κ2) is 7.31. The predicted octanol–water partition coefficient (Wildman–Crippen LogP) is 2.43. The number of carboxylic acid groups (broad SMARTS) is 1. The molecular weight excluding hydrogens is 254 g/mol. The molecule has 18 heavy (non-hydrogen) atoms. The van der Waals surface area contributed by atoms with Crippen molar-refractivity contribution in [2.45, 2.75) is 45.8 Å². The highest BCUT2D eigenvalue weighted by atomic mass is 32.1. The average Bonchev–Trinajstić information content (AvgIpc) is 2.19. The Kier molecular flexibility index (Phi) is 6.83. The Morgan fingerprint density at radius 1 is 1.44 bits per heavy atom. The first-order valence-corrected chi connectivity index (χ1v) is 6.20. The molecule has 6 heteroatoms. The van der Waals surface area contributed by atoms with Crippen molar-refractivity contribution in [3.63, 3.8) is 0 Å². The number of carbonyl (C=O) groups excluding carboxylic acids is 1. The summed E-state index contributed by atoms with van der Waals surface area (Å²) in [6, 6.07) is -0.982. The van der Waals surface area contributed by atoms with E-state index in [4.69, 9.17) is 9.84 Å². The van der Waals surface area contributed by atoms with Gasteiger partial charge in [-0.05, 0) is 38.5 Å². The van der Waals surface area contributed by atoms with Gasteiger partial charge in [0.1, 0.15) is 11.6 Å². The van der Waals surface area contributed by atoms with Crippen molar-refractivity contribution in [2.24, 2.45) is 5.92 Å². The van der Waals surface area contributed by atoms with Gasteiger partial charge in [-0.15, -0.1) is 0 Å². The first kappa shape index (κ1) is 16.8. The van der Waals surface area contributed by atoms with Gasteiger partial charge in [-0.1, -0.05) is 13.0 Å². The molecule has 104 valence electrons. The summed E-state index contributed by atoms with van der Waals surface area (Å²) in [6.45, 7) is 6.89. The standard InChI is InChI=1S/C12H21NO4S/c1-8(6-5-7-18)9(10(14)15)13-11(16)17-12(2,3)4/h5,7-9,18H,6H2,1-4H3,(H,13,16)(H,14,15)/t8-,9-/m0/s1. The largest absolute Gasteiger partial charge is 0.480 e. The molecule has 0 unspecified atom stereocenters. The van der Waals surface area contributed by atoms with E-state index in [-0.39, 0.29) is 5.92 Å². The lowest BCUT2D eigenvalue weighted by molar-refractivity contribution is -0.140. The number of carbonyl (C=O) groups is 2. The van der Waals surface area contributed by atoms with E-state index in [0.717, 1.165) is 0 Å². The zero-order valence-electron chi connectivity index (χ0n) is 11.1. The monoisotopic (exact) mass is 275 g/mol.